The standard InChI is InChI=1S/C9H16N4/c1-8-11-6-9(7-12-8)10-4-5-13(2)3/h6-7,10H,4-5H2,1-3H3. The fourth-order valence-electron chi connectivity index (χ4n) is 0.908. The van der Waals surface area contributed by atoms with Crippen LogP contribution in [-0.2, 0) is 0 Å². The molecule has 0 fully saturated rings. The first-order chi connectivity index (χ1) is 6.18. The van der Waals surface area contributed by atoms with Crippen molar-refractivity contribution in [1.29, 1.82) is 0 Å². The van der Waals surface area contributed by atoms with Crippen molar-refractivity contribution in [3.05, 3.63) is 18.2 Å². The summed E-state index contributed by atoms with van der Waals surface area (Å²) in [5, 5.41) is 3.24. The molecular weight excluding hydrogens is 164 g/mol. The molecule has 4 nitrogen and oxygen atoms in total. The van der Waals surface area contributed by atoms with Crippen molar-refractivity contribution in [2.45, 2.75) is 6.92 Å². The van der Waals surface area contributed by atoms with Crippen LogP contribution in [0.1, 0.15) is 5.82 Å². The summed E-state index contributed by atoms with van der Waals surface area (Å²) in [6, 6.07) is 0. The average molecular weight is 180 g/mol. The molecule has 1 aromatic heterocycles. The quantitative estimate of drug-likeness (QED) is 0.742. The van der Waals surface area contributed by atoms with Crippen LogP contribution in [0.3, 0.4) is 0 Å². The molecule has 0 amide bonds. The molecule has 0 saturated heterocycles. The van der Waals surface area contributed by atoms with E-state index in [0.29, 0.717) is 0 Å². The van der Waals surface area contributed by atoms with E-state index in [4.69, 9.17) is 0 Å². The number of nitrogens with one attached hydrogen (secondary N) is 1. The fourth-order valence-corrected chi connectivity index (χ4v) is 0.908. The summed E-state index contributed by atoms with van der Waals surface area (Å²) in [7, 11) is 4.10. The van der Waals surface area contributed by atoms with Crippen LogP contribution in [0.2, 0.25) is 0 Å². The van der Waals surface area contributed by atoms with Crippen LogP contribution >= 0.6 is 0 Å². The first kappa shape index (κ1) is 9.92. The summed E-state index contributed by atoms with van der Waals surface area (Å²) in [6.07, 6.45) is 3.61. The summed E-state index contributed by atoms with van der Waals surface area (Å²) in [4.78, 5) is 10.3. The number of aromatic nitrogens is 2. The van der Waals surface area contributed by atoms with E-state index in [2.05, 4.69) is 20.2 Å². The van der Waals surface area contributed by atoms with Gasteiger partial charge in [0.05, 0.1) is 18.1 Å². The van der Waals surface area contributed by atoms with Gasteiger partial charge in [0, 0.05) is 13.1 Å². The van der Waals surface area contributed by atoms with Gasteiger partial charge in [-0.15, -0.1) is 0 Å². The number of hydrogen-bond acceptors (Lipinski definition) is 4. The van der Waals surface area contributed by atoms with Gasteiger partial charge in [0.25, 0.3) is 0 Å². The van der Waals surface area contributed by atoms with Gasteiger partial charge >= 0.3 is 0 Å². The Labute approximate surface area is 79.0 Å². The van der Waals surface area contributed by atoms with Gasteiger partial charge < -0.3 is 10.2 Å². The van der Waals surface area contributed by atoms with Crippen molar-refractivity contribution in [1.82, 2.24) is 14.9 Å². The molecular formula is C9H16N4. The van der Waals surface area contributed by atoms with Crippen LogP contribution in [0.15, 0.2) is 12.4 Å². The average Bonchev–Trinajstić information content (AvgIpc) is 2.08. The minimum Gasteiger partial charge on any atom is -0.381 e. The maximum atomic E-state index is 4.09. The number of likely N-dealkylation sites (N-methyl/N-ethyl adjacent to an activating group) is 1. The van der Waals surface area contributed by atoms with Crippen LogP contribution in [0.25, 0.3) is 0 Å². The molecule has 0 radical (unpaired) electrons. The number of nitrogens with zero attached hydrogens (tertiary/aromatic N) is 3. The molecule has 0 atom stereocenters. The lowest BCUT2D eigenvalue weighted by molar-refractivity contribution is 0.425. The van der Waals surface area contributed by atoms with Crippen molar-refractivity contribution in [2.24, 2.45) is 0 Å². The van der Waals surface area contributed by atoms with E-state index >= 15 is 0 Å². The normalized spacial score (nSPS) is 10.5. The number of hydrogen-bond donors (Lipinski definition) is 1. The van der Waals surface area contributed by atoms with Gasteiger partial charge in [0.15, 0.2) is 0 Å². The van der Waals surface area contributed by atoms with Crippen molar-refractivity contribution < 1.29 is 0 Å². The molecule has 72 valence electrons. The molecule has 1 N–H and O–H groups in total. The smallest absolute Gasteiger partial charge is 0.125 e. The molecule has 1 rings (SSSR count). The lowest BCUT2D eigenvalue weighted by Crippen LogP contribution is -2.20. The largest absolute Gasteiger partial charge is 0.381 e. The molecule has 1 aromatic rings. The second kappa shape index (κ2) is 4.77. The van der Waals surface area contributed by atoms with Gasteiger partial charge in [-0.25, -0.2) is 9.97 Å². The number of anilines is 1. The Morgan fingerprint density at radius 1 is 1.31 bits per heavy atom. The Morgan fingerprint density at radius 3 is 2.46 bits per heavy atom. The van der Waals surface area contributed by atoms with Crippen LogP contribution in [0.4, 0.5) is 5.69 Å². The van der Waals surface area contributed by atoms with Crippen molar-refractivity contribution in [2.75, 3.05) is 32.5 Å². The Bertz CT molecular complexity index is 242. The molecule has 0 spiro atoms. The lowest BCUT2D eigenvalue weighted by atomic mass is 10.5. The summed E-state index contributed by atoms with van der Waals surface area (Å²) < 4.78 is 0. The molecule has 0 aromatic carbocycles. The Balaban J connectivity index is 2.33. The molecule has 0 unspecified atom stereocenters. The van der Waals surface area contributed by atoms with E-state index < -0.39 is 0 Å². The summed E-state index contributed by atoms with van der Waals surface area (Å²) in [5.41, 5.74) is 0.979. The van der Waals surface area contributed by atoms with Gasteiger partial charge in [-0.2, -0.15) is 0 Å². The number of aryl methyl sites for hydroxylation is 1. The van der Waals surface area contributed by atoms with Crippen molar-refractivity contribution >= 4 is 5.69 Å². The van der Waals surface area contributed by atoms with Crippen LogP contribution in [-0.4, -0.2) is 42.1 Å². The first-order valence-corrected chi connectivity index (χ1v) is 4.36. The SMILES string of the molecule is Cc1ncc(NCCN(C)C)cn1. The van der Waals surface area contributed by atoms with Crippen LogP contribution < -0.4 is 5.32 Å². The van der Waals surface area contributed by atoms with E-state index in [1.165, 1.54) is 0 Å². The molecule has 13 heavy (non-hydrogen) atoms. The monoisotopic (exact) mass is 180 g/mol. The third kappa shape index (κ3) is 3.85. The van der Waals surface area contributed by atoms with Gasteiger partial charge in [0.2, 0.25) is 0 Å². The number of rotatable bonds is 4. The molecule has 1 heterocycles. The van der Waals surface area contributed by atoms with Crippen LogP contribution in [0, 0.1) is 6.92 Å². The molecule has 0 aliphatic heterocycles. The predicted octanol–water partition coefficient (Wildman–Crippen LogP) is 0.759. The van der Waals surface area contributed by atoms with E-state index in [0.717, 1.165) is 24.6 Å². The molecule has 4 heteroatoms. The summed E-state index contributed by atoms with van der Waals surface area (Å²) >= 11 is 0. The second-order valence-electron chi connectivity index (χ2n) is 3.25. The summed E-state index contributed by atoms with van der Waals surface area (Å²) in [5.74, 6) is 0.804. The van der Waals surface area contributed by atoms with E-state index in [1.54, 1.807) is 12.4 Å². The Morgan fingerprint density at radius 2 is 1.92 bits per heavy atom. The minimum atomic E-state index is 0.804. The molecule has 0 aliphatic rings. The Hall–Kier alpha value is -1.16. The highest BCUT2D eigenvalue weighted by Crippen LogP contribution is 2.00. The van der Waals surface area contributed by atoms with E-state index in [9.17, 15) is 0 Å². The van der Waals surface area contributed by atoms with Gasteiger partial charge in [-0.05, 0) is 21.0 Å². The zero-order chi connectivity index (χ0) is 9.68. The first-order valence-electron chi connectivity index (χ1n) is 4.36. The van der Waals surface area contributed by atoms with Crippen LogP contribution in [0.5, 0.6) is 0 Å². The molecule has 0 bridgehead atoms. The minimum absolute atomic E-state index is 0.804. The highest BCUT2D eigenvalue weighted by atomic mass is 15.1. The van der Waals surface area contributed by atoms with Crippen molar-refractivity contribution in [3.8, 4) is 0 Å². The molecule has 0 aliphatic carbocycles. The van der Waals surface area contributed by atoms with E-state index in [1.807, 2.05) is 21.0 Å². The molecule has 0 saturated carbocycles. The topological polar surface area (TPSA) is 41.1 Å². The zero-order valence-electron chi connectivity index (χ0n) is 8.41. The highest BCUT2D eigenvalue weighted by molar-refractivity contribution is 5.37. The van der Waals surface area contributed by atoms with Gasteiger partial charge in [0.1, 0.15) is 5.82 Å². The maximum Gasteiger partial charge on any atom is 0.125 e. The Kier molecular flexibility index (Phi) is 3.64. The third-order valence-electron chi connectivity index (χ3n) is 1.67. The third-order valence-corrected chi connectivity index (χ3v) is 1.67. The zero-order valence-corrected chi connectivity index (χ0v) is 8.41. The fraction of sp³-hybridized carbons (Fsp3) is 0.556. The second-order valence-corrected chi connectivity index (χ2v) is 3.25. The highest BCUT2D eigenvalue weighted by Gasteiger charge is 1.93. The van der Waals surface area contributed by atoms with Gasteiger partial charge in [-0.1, -0.05) is 0 Å². The maximum absolute atomic E-state index is 4.09. The predicted molar refractivity (Wildman–Crippen MR) is 53.8 cm³/mol. The van der Waals surface area contributed by atoms with Gasteiger partial charge in [-0.3, -0.25) is 0 Å². The van der Waals surface area contributed by atoms with Crippen molar-refractivity contribution in [3.63, 3.8) is 0 Å². The van der Waals surface area contributed by atoms with E-state index in [-0.39, 0.29) is 0 Å². The lowest BCUT2D eigenvalue weighted by Gasteiger charge is -2.10. The summed E-state index contributed by atoms with van der Waals surface area (Å²) in [6.45, 7) is 3.80.